The summed E-state index contributed by atoms with van der Waals surface area (Å²) in [4.78, 5) is 11.5. The van der Waals surface area contributed by atoms with E-state index in [0.29, 0.717) is 18.9 Å². The Hall–Kier alpha value is -1.08. The minimum absolute atomic E-state index is 0.0766. The number of nitriles is 1. The topological polar surface area (TPSA) is 64.9 Å². The van der Waals surface area contributed by atoms with Crippen LogP contribution in [0.5, 0.6) is 0 Å². The number of nitrogens with zero attached hydrogens (tertiary/aromatic N) is 1. The zero-order chi connectivity index (χ0) is 9.68. The largest absolute Gasteiger partial charge is 0.355 e. The van der Waals surface area contributed by atoms with Crippen LogP contribution in [0, 0.1) is 23.2 Å². The van der Waals surface area contributed by atoms with E-state index in [2.05, 4.69) is 17.6 Å². The molecule has 1 fully saturated rings. The quantitative estimate of drug-likeness (QED) is 0.596. The van der Waals surface area contributed by atoms with Crippen molar-refractivity contribution in [2.75, 3.05) is 19.6 Å². The molecular formula is C9H15N3O. The molecule has 0 aromatic rings. The molecular weight excluding hydrogens is 166 g/mol. The van der Waals surface area contributed by atoms with Gasteiger partial charge >= 0.3 is 0 Å². The highest BCUT2D eigenvalue weighted by Gasteiger charge is 2.28. The van der Waals surface area contributed by atoms with Crippen LogP contribution in [0.2, 0.25) is 0 Å². The summed E-state index contributed by atoms with van der Waals surface area (Å²) in [6.07, 6.45) is 0.389. The van der Waals surface area contributed by atoms with Gasteiger partial charge in [-0.05, 0) is 12.5 Å². The van der Waals surface area contributed by atoms with Gasteiger partial charge in [0.15, 0.2) is 0 Å². The van der Waals surface area contributed by atoms with Gasteiger partial charge in [-0.15, -0.1) is 0 Å². The van der Waals surface area contributed by atoms with Gasteiger partial charge in [0.1, 0.15) is 0 Å². The Morgan fingerprint density at radius 1 is 1.69 bits per heavy atom. The third-order valence-electron chi connectivity index (χ3n) is 2.39. The van der Waals surface area contributed by atoms with E-state index in [1.165, 1.54) is 0 Å². The summed E-state index contributed by atoms with van der Waals surface area (Å²) >= 11 is 0. The van der Waals surface area contributed by atoms with Crippen molar-refractivity contribution in [3.05, 3.63) is 0 Å². The summed E-state index contributed by atoms with van der Waals surface area (Å²) in [5.41, 5.74) is 0. The molecule has 72 valence electrons. The molecule has 0 spiro atoms. The van der Waals surface area contributed by atoms with Crippen molar-refractivity contribution in [2.45, 2.75) is 13.3 Å². The van der Waals surface area contributed by atoms with Gasteiger partial charge in [-0.2, -0.15) is 5.26 Å². The molecule has 0 saturated carbocycles. The van der Waals surface area contributed by atoms with Crippen molar-refractivity contribution in [3.8, 4) is 6.07 Å². The van der Waals surface area contributed by atoms with E-state index in [9.17, 15) is 4.79 Å². The Kier molecular flexibility index (Phi) is 3.71. The molecule has 1 saturated heterocycles. The lowest BCUT2D eigenvalue weighted by Crippen LogP contribution is -2.34. The Balaban J connectivity index is 2.27. The minimum atomic E-state index is 0.0766. The van der Waals surface area contributed by atoms with Crippen LogP contribution in [0.25, 0.3) is 0 Å². The summed E-state index contributed by atoms with van der Waals surface area (Å²) in [5, 5.41) is 14.2. The zero-order valence-electron chi connectivity index (χ0n) is 7.84. The summed E-state index contributed by atoms with van der Waals surface area (Å²) < 4.78 is 0. The maximum atomic E-state index is 11.5. The molecule has 1 aliphatic rings. The van der Waals surface area contributed by atoms with Gasteiger partial charge < -0.3 is 10.6 Å². The minimum Gasteiger partial charge on any atom is -0.355 e. The first-order valence-corrected chi connectivity index (χ1v) is 4.61. The van der Waals surface area contributed by atoms with Crippen molar-refractivity contribution in [1.82, 2.24) is 10.6 Å². The van der Waals surface area contributed by atoms with Gasteiger partial charge in [-0.1, -0.05) is 6.92 Å². The molecule has 0 unspecified atom stereocenters. The van der Waals surface area contributed by atoms with Crippen LogP contribution in [0.1, 0.15) is 13.3 Å². The van der Waals surface area contributed by atoms with Gasteiger partial charge in [0.25, 0.3) is 0 Å². The van der Waals surface area contributed by atoms with E-state index >= 15 is 0 Å². The number of rotatable bonds is 3. The van der Waals surface area contributed by atoms with E-state index in [0.717, 1.165) is 13.1 Å². The first-order valence-electron chi connectivity index (χ1n) is 4.61. The third-order valence-corrected chi connectivity index (χ3v) is 2.39. The van der Waals surface area contributed by atoms with Crippen molar-refractivity contribution >= 4 is 5.91 Å². The Bertz CT molecular complexity index is 221. The summed E-state index contributed by atoms with van der Waals surface area (Å²) in [6, 6.07) is 1.99. The Morgan fingerprint density at radius 3 is 3.00 bits per heavy atom. The van der Waals surface area contributed by atoms with Crippen molar-refractivity contribution in [2.24, 2.45) is 11.8 Å². The van der Waals surface area contributed by atoms with E-state index in [1.807, 2.05) is 6.07 Å². The molecule has 0 aromatic carbocycles. The van der Waals surface area contributed by atoms with Crippen LogP contribution < -0.4 is 10.6 Å². The first-order chi connectivity index (χ1) is 6.25. The highest BCUT2D eigenvalue weighted by Crippen LogP contribution is 2.15. The standard InChI is InChI=1S/C9H15N3O/c1-7-5-11-6-8(7)9(13)12-4-2-3-10/h7-8,11H,2,4-6H2,1H3,(H,12,13)/t7-,8-/m1/s1. The maximum absolute atomic E-state index is 11.5. The fourth-order valence-corrected chi connectivity index (χ4v) is 1.53. The highest BCUT2D eigenvalue weighted by molar-refractivity contribution is 5.79. The lowest BCUT2D eigenvalue weighted by atomic mass is 9.97. The number of nitrogens with one attached hydrogen (secondary N) is 2. The Labute approximate surface area is 78.3 Å². The monoisotopic (exact) mass is 181 g/mol. The molecule has 4 nitrogen and oxygen atoms in total. The molecule has 2 atom stereocenters. The molecule has 0 bridgehead atoms. The van der Waals surface area contributed by atoms with Crippen LogP contribution >= 0.6 is 0 Å². The average Bonchev–Trinajstić information content (AvgIpc) is 2.52. The smallest absolute Gasteiger partial charge is 0.224 e. The number of amides is 1. The fraction of sp³-hybridized carbons (Fsp3) is 0.778. The van der Waals surface area contributed by atoms with Gasteiger partial charge in [-0.3, -0.25) is 4.79 Å². The Morgan fingerprint density at radius 2 is 2.46 bits per heavy atom. The number of carbonyl (C=O) groups is 1. The van der Waals surface area contributed by atoms with Crippen LogP contribution in [0.3, 0.4) is 0 Å². The predicted molar refractivity (Wildman–Crippen MR) is 48.8 cm³/mol. The molecule has 1 rings (SSSR count). The highest BCUT2D eigenvalue weighted by atomic mass is 16.1. The summed E-state index contributed by atoms with van der Waals surface area (Å²) in [5.74, 6) is 0.563. The van der Waals surface area contributed by atoms with Crippen molar-refractivity contribution < 1.29 is 4.79 Å². The normalized spacial score (nSPS) is 26.8. The number of hydrogen-bond donors (Lipinski definition) is 2. The molecule has 1 amide bonds. The lowest BCUT2D eigenvalue weighted by molar-refractivity contribution is -0.125. The van der Waals surface area contributed by atoms with Crippen LogP contribution in [0.4, 0.5) is 0 Å². The molecule has 4 heteroatoms. The number of hydrogen-bond acceptors (Lipinski definition) is 3. The third kappa shape index (κ3) is 2.71. The molecule has 1 aliphatic heterocycles. The number of carbonyl (C=O) groups excluding carboxylic acids is 1. The fourth-order valence-electron chi connectivity index (χ4n) is 1.53. The predicted octanol–water partition coefficient (Wildman–Crippen LogP) is -0.128. The molecule has 1 heterocycles. The van der Waals surface area contributed by atoms with Crippen molar-refractivity contribution in [1.29, 1.82) is 5.26 Å². The molecule has 0 radical (unpaired) electrons. The van der Waals surface area contributed by atoms with Crippen LogP contribution in [0.15, 0.2) is 0 Å². The van der Waals surface area contributed by atoms with Gasteiger partial charge in [-0.25, -0.2) is 0 Å². The molecule has 0 aromatic heterocycles. The van der Waals surface area contributed by atoms with E-state index in [1.54, 1.807) is 0 Å². The van der Waals surface area contributed by atoms with Crippen LogP contribution in [-0.2, 0) is 4.79 Å². The van der Waals surface area contributed by atoms with E-state index < -0.39 is 0 Å². The second-order valence-electron chi connectivity index (χ2n) is 3.44. The second kappa shape index (κ2) is 4.83. The average molecular weight is 181 g/mol. The van der Waals surface area contributed by atoms with Gasteiger partial charge in [0.2, 0.25) is 5.91 Å². The molecule has 13 heavy (non-hydrogen) atoms. The van der Waals surface area contributed by atoms with Gasteiger partial charge in [0, 0.05) is 13.1 Å². The van der Waals surface area contributed by atoms with E-state index in [4.69, 9.17) is 5.26 Å². The molecule has 0 aliphatic carbocycles. The SMILES string of the molecule is C[C@@H]1CNC[C@H]1C(=O)NCCC#N. The maximum Gasteiger partial charge on any atom is 0.224 e. The summed E-state index contributed by atoms with van der Waals surface area (Å²) in [6.45, 7) is 4.21. The lowest BCUT2D eigenvalue weighted by Gasteiger charge is -2.12. The second-order valence-corrected chi connectivity index (χ2v) is 3.44. The molecule has 2 N–H and O–H groups in total. The first kappa shape index (κ1) is 10.0. The summed E-state index contributed by atoms with van der Waals surface area (Å²) in [7, 11) is 0. The van der Waals surface area contributed by atoms with E-state index in [-0.39, 0.29) is 11.8 Å². The van der Waals surface area contributed by atoms with Crippen LogP contribution in [-0.4, -0.2) is 25.5 Å². The van der Waals surface area contributed by atoms with Crippen molar-refractivity contribution in [3.63, 3.8) is 0 Å². The zero-order valence-corrected chi connectivity index (χ0v) is 7.84. The van der Waals surface area contributed by atoms with Gasteiger partial charge in [0.05, 0.1) is 18.4 Å².